The van der Waals surface area contributed by atoms with E-state index < -0.39 is 11.9 Å². The van der Waals surface area contributed by atoms with Gasteiger partial charge in [-0.3, -0.25) is 0 Å². The molecule has 0 aliphatic rings. The predicted octanol–water partition coefficient (Wildman–Crippen LogP) is 1.73. The minimum atomic E-state index is -0.719. The number of carbonyl (C=O) groups excluding carboxylic acids is 2. The van der Waals surface area contributed by atoms with Crippen molar-refractivity contribution in [3.05, 3.63) is 27.7 Å². The Morgan fingerprint density at radius 2 is 1.56 bits per heavy atom. The fourth-order valence-electron chi connectivity index (χ4n) is 1.12. The highest BCUT2D eigenvalue weighted by Gasteiger charge is 2.20. The molecule has 0 unspecified atom stereocenters. The van der Waals surface area contributed by atoms with E-state index in [-0.39, 0.29) is 16.9 Å². The number of halogens is 1. The Kier molecular flexibility index (Phi) is 3.89. The summed E-state index contributed by atoms with van der Waals surface area (Å²) in [6, 6.07) is 2.44. The molecule has 1 rings (SSSR count). The number of carbonyl (C=O) groups is 2. The summed E-state index contributed by atoms with van der Waals surface area (Å²) in [4.78, 5) is 22.7. The average molecular weight is 289 g/mol. The van der Waals surface area contributed by atoms with Crippen LogP contribution < -0.4 is 0 Å². The van der Waals surface area contributed by atoms with Gasteiger partial charge in [-0.2, -0.15) is 0 Å². The Bertz CT molecular complexity index is 400. The van der Waals surface area contributed by atoms with Gasteiger partial charge >= 0.3 is 11.9 Å². The quantitative estimate of drug-likeness (QED) is 0.839. The van der Waals surface area contributed by atoms with E-state index in [0.29, 0.717) is 4.47 Å². The number of aromatic hydroxyl groups is 1. The van der Waals surface area contributed by atoms with Crippen LogP contribution in [-0.2, 0) is 9.47 Å². The number of phenols is 1. The van der Waals surface area contributed by atoms with Gasteiger partial charge in [0.2, 0.25) is 0 Å². The molecule has 0 spiro atoms. The standard InChI is InChI=1S/C10H9BrO5/c1-15-9(13)5-3-7(11)8(12)4-6(5)10(14)16-2/h3-4,12H,1-2H3. The van der Waals surface area contributed by atoms with Gasteiger partial charge < -0.3 is 14.6 Å². The second kappa shape index (κ2) is 4.98. The number of methoxy groups -OCH3 is 2. The number of rotatable bonds is 2. The Hall–Kier alpha value is -1.56. The van der Waals surface area contributed by atoms with Crippen LogP contribution in [0.1, 0.15) is 20.7 Å². The molecule has 1 aromatic carbocycles. The molecule has 1 N–H and O–H groups in total. The van der Waals surface area contributed by atoms with E-state index in [0.717, 1.165) is 6.07 Å². The van der Waals surface area contributed by atoms with E-state index in [1.54, 1.807) is 0 Å². The summed E-state index contributed by atoms with van der Waals surface area (Å²) in [7, 11) is 2.38. The molecule has 0 aliphatic carbocycles. The van der Waals surface area contributed by atoms with Gasteiger partial charge in [-0.05, 0) is 28.1 Å². The SMILES string of the molecule is COC(=O)c1cc(O)c(Br)cc1C(=O)OC. The summed E-state index contributed by atoms with van der Waals surface area (Å²) in [6.07, 6.45) is 0. The van der Waals surface area contributed by atoms with Gasteiger partial charge in [0.25, 0.3) is 0 Å². The van der Waals surface area contributed by atoms with Gasteiger partial charge in [-0.15, -0.1) is 0 Å². The third-order valence-electron chi connectivity index (χ3n) is 1.90. The summed E-state index contributed by atoms with van der Waals surface area (Å²) in [5, 5.41) is 9.42. The normalized spacial score (nSPS) is 9.69. The van der Waals surface area contributed by atoms with Crippen molar-refractivity contribution in [1.29, 1.82) is 0 Å². The molecule has 0 radical (unpaired) electrons. The topological polar surface area (TPSA) is 72.8 Å². The molecular weight excluding hydrogens is 280 g/mol. The lowest BCUT2D eigenvalue weighted by atomic mass is 10.1. The molecule has 0 atom stereocenters. The zero-order valence-corrected chi connectivity index (χ0v) is 10.2. The summed E-state index contributed by atoms with van der Waals surface area (Å²) < 4.78 is 9.30. The predicted molar refractivity (Wildman–Crippen MR) is 58.5 cm³/mol. The molecule has 0 heterocycles. The van der Waals surface area contributed by atoms with Crippen LogP contribution in [0.2, 0.25) is 0 Å². The zero-order valence-electron chi connectivity index (χ0n) is 8.61. The summed E-state index contributed by atoms with van der Waals surface area (Å²) >= 11 is 3.04. The molecule has 0 bridgehead atoms. The number of benzene rings is 1. The monoisotopic (exact) mass is 288 g/mol. The molecule has 16 heavy (non-hydrogen) atoms. The third kappa shape index (κ3) is 2.33. The lowest BCUT2D eigenvalue weighted by molar-refractivity contribution is 0.0555. The van der Waals surface area contributed by atoms with E-state index in [4.69, 9.17) is 0 Å². The highest BCUT2D eigenvalue weighted by molar-refractivity contribution is 9.10. The maximum Gasteiger partial charge on any atom is 0.338 e. The van der Waals surface area contributed by atoms with E-state index in [1.807, 2.05) is 0 Å². The number of esters is 2. The number of hydrogen-bond acceptors (Lipinski definition) is 5. The van der Waals surface area contributed by atoms with Crippen molar-refractivity contribution in [2.24, 2.45) is 0 Å². The second-order valence-corrected chi connectivity index (χ2v) is 3.69. The maximum atomic E-state index is 11.4. The van der Waals surface area contributed by atoms with Crippen LogP contribution in [0.15, 0.2) is 16.6 Å². The minimum Gasteiger partial charge on any atom is -0.507 e. The van der Waals surface area contributed by atoms with Crippen molar-refractivity contribution < 1.29 is 24.2 Å². The number of hydrogen-bond donors (Lipinski definition) is 1. The second-order valence-electron chi connectivity index (χ2n) is 2.83. The zero-order chi connectivity index (χ0) is 12.3. The number of phenolic OH excluding ortho intramolecular Hbond substituents is 1. The maximum absolute atomic E-state index is 11.4. The lowest BCUT2D eigenvalue weighted by Gasteiger charge is -2.07. The summed E-state index contributed by atoms with van der Waals surface area (Å²) in [6.45, 7) is 0. The van der Waals surface area contributed by atoms with Crippen LogP contribution in [0, 0.1) is 0 Å². The van der Waals surface area contributed by atoms with Crippen LogP contribution in [0.3, 0.4) is 0 Å². The molecule has 86 valence electrons. The summed E-state index contributed by atoms with van der Waals surface area (Å²) in [5.74, 6) is -1.56. The fourth-order valence-corrected chi connectivity index (χ4v) is 1.46. The first kappa shape index (κ1) is 12.5. The third-order valence-corrected chi connectivity index (χ3v) is 2.53. The Balaban J connectivity index is 3.38. The first-order valence-electron chi connectivity index (χ1n) is 4.20. The molecular formula is C10H9BrO5. The molecule has 5 nitrogen and oxygen atoms in total. The minimum absolute atomic E-state index is 0.0269. The molecule has 0 saturated heterocycles. The first-order valence-corrected chi connectivity index (χ1v) is 4.99. The van der Waals surface area contributed by atoms with Crippen LogP contribution >= 0.6 is 15.9 Å². The van der Waals surface area contributed by atoms with Crippen LogP contribution in [0.5, 0.6) is 5.75 Å². The van der Waals surface area contributed by atoms with Crippen molar-refractivity contribution in [2.45, 2.75) is 0 Å². The Morgan fingerprint density at radius 3 is 2.00 bits per heavy atom. The van der Waals surface area contributed by atoms with Gasteiger partial charge in [0.1, 0.15) is 5.75 Å². The highest BCUT2D eigenvalue weighted by Crippen LogP contribution is 2.28. The van der Waals surface area contributed by atoms with Gasteiger partial charge in [0.05, 0.1) is 29.8 Å². The highest BCUT2D eigenvalue weighted by atomic mass is 79.9. The molecule has 0 aliphatic heterocycles. The lowest BCUT2D eigenvalue weighted by Crippen LogP contribution is -2.11. The number of ether oxygens (including phenoxy) is 2. The molecule has 0 fully saturated rings. The first-order chi connectivity index (χ1) is 7.51. The van der Waals surface area contributed by atoms with Crippen molar-refractivity contribution in [1.82, 2.24) is 0 Å². The van der Waals surface area contributed by atoms with Crippen LogP contribution in [0.4, 0.5) is 0 Å². The summed E-state index contributed by atoms with van der Waals surface area (Å²) in [5.41, 5.74) is -0.0194. The van der Waals surface area contributed by atoms with Crippen molar-refractivity contribution in [3.8, 4) is 5.75 Å². The van der Waals surface area contributed by atoms with E-state index in [2.05, 4.69) is 25.4 Å². The van der Waals surface area contributed by atoms with Gasteiger partial charge in [0, 0.05) is 0 Å². The molecule has 0 amide bonds. The molecule has 0 saturated carbocycles. The van der Waals surface area contributed by atoms with Crippen LogP contribution in [0.25, 0.3) is 0 Å². The van der Waals surface area contributed by atoms with Gasteiger partial charge in [0.15, 0.2) is 0 Å². The van der Waals surface area contributed by atoms with E-state index in [9.17, 15) is 14.7 Å². The van der Waals surface area contributed by atoms with Crippen molar-refractivity contribution in [3.63, 3.8) is 0 Å². The van der Waals surface area contributed by atoms with Gasteiger partial charge in [-0.1, -0.05) is 0 Å². The van der Waals surface area contributed by atoms with Crippen molar-refractivity contribution in [2.75, 3.05) is 14.2 Å². The van der Waals surface area contributed by atoms with Crippen molar-refractivity contribution >= 4 is 27.9 Å². The fraction of sp³-hybridized carbons (Fsp3) is 0.200. The molecule has 0 aromatic heterocycles. The largest absolute Gasteiger partial charge is 0.507 e. The van der Waals surface area contributed by atoms with E-state index >= 15 is 0 Å². The molecule has 6 heteroatoms. The smallest absolute Gasteiger partial charge is 0.338 e. The van der Waals surface area contributed by atoms with Crippen LogP contribution in [-0.4, -0.2) is 31.3 Å². The Labute approximate surface area is 100 Å². The molecule has 1 aromatic rings. The average Bonchev–Trinajstić information content (AvgIpc) is 2.30. The van der Waals surface area contributed by atoms with E-state index in [1.165, 1.54) is 20.3 Å². The Morgan fingerprint density at radius 1 is 1.12 bits per heavy atom. The van der Waals surface area contributed by atoms with Gasteiger partial charge in [-0.25, -0.2) is 9.59 Å².